The van der Waals surface area contributed by atoms with Crippen LogP contribution in [0.25, 0.3) is 22.7 Å². The number of aromatic nitrogens is 4. The Balaban J connectivity index is 1.34. The summed E-state index contributed by atoms with van der Waals surface area (Å²) in [5.41, 5.74) is 0.698. The highest BCUT2D eigenvalue weighted by molar-refractivity contribution is 6.03. The van der Waals surface area contributed by atoms with Crippen LogP contribution in [0.15, 0.2) is 65.8 Å². The van der Waals surface area contributed by atoms with Crippen molar-refractivity contribution in [3.05, 3.63) is 72.5 Å². The molecule has 0 aromatic carbocycles. The van der Waals surface area contributed by atoms with Crippen LogP contribution in [0.4, 0.5) is 29.6 Å². The standard InChI is InChI=1S/C24H17F3N6O3/c25-24(26,27)13-6-12(8-28-9-13)16-5-4-14-15-7-18(34)21(15)33(22(14)31-16)23(35)32-20-3-1-2-17(30-20)19-10-29-11-36-19/h1-6,8-11,15,18,21,34H,7H2,(H,30,32,35)/t15?,18-,21?/m1/s1. The van der Waals surface area contributed by atoms with Crippen molar-refractivity contribution < 1.29 is 27.5 Å². The number of nitrogens with one attached hydrogen (secondary N) is 1. The molecule has 12 heteroatoms. The number of hydrogen-bond donors (Lipinski definition) is 2. The van der Waals surface area contributed by atoms with Crippen LogP contribution in [0.3, 0.4) is 0 Å². The quantitative estimate of drug-likeness (QED) is 0.431. The zero-order chi connectivity index (χ0) is 25.0. The Morgan fingerprint density at radius 3 is 2.69 bits per heavy atom. The first-order valence-corrected chi connectivity index (χ1v) is 11.0. The van der Waals surface area contributed by atoms with Gasteiger partial charge in [0.25, 0.3) is 0 Å². The Hall–Kier alpha value is -4.32. The van der Waals surface area contributed by atoms with Crippen LogP contribution in [0.5, 0.6) is 0 Å². The van der Waals surface area contributed by atoms with E-state index in [9.17, 15) is 23.1 Å². The monoisotopic (exact) mass is 494 g/mol. The Labute approximate surface area is 201 Å². The van der Waals surface area contributed by atoms with E-state index < -0.39 is 29.9 Å². The number of amides is 2. The van der Waals surface area contributed by atoms with Crippen LogP contribution in [-0.4, -0.2) is 43.2 Å². The fourth-order valence-corrected chi connectivity index (χ4v) is 4.64. The van der Waals surface area contributed by atoms with Gasteiger partial charge in [-0.25, -0.2) is 19.7 Å². The minimum absolute atomic E-state index is 0.129. The summed E-state index contributed by atoms with van der Waals surface area (Å²) in [5.74, 6) is 0.815. The summed E-state index contributed by atoms with van der Waals surface area (Å²) in [6.07, 6.45) is -0.0749. The summed E-state index contributed by atoms with van der Waals surface area (Å²) in [6.45, 7) is 0. The molecule has 2 N–H and O–H groups in total. The van der Waals surface area contributed by atoms with Gasteiger partial charge in [-0.1, -0.05) is 12.1 Å². The first-order chi connectivity index (χ1) is 17.3. The summed E-state index contributed by atoms with van der Waals surface area (Å²) in [5, 5.41) is 13.2. The normalized spacial score (nSPS) is 20.4. The third-order valence-corrected chi connectivity index (χ3v) is 6.38. The van der Waals surface area contributed by atoms with E-state index >= 15 is 0 Å². The van der Waals surface area contributed by atoms with Gasteiger partial charge >= 0.3 is 12.2 Å². The number of carbonyl (C=O) groups excluding carboxylic acids is 1. The number of aliphatic hydroxyl groups is 1. The third kappa shape index (κ3) is 3.66. The highest BCUT2D eigenvalue weighted by Crippen LogP contribution is 2.51. The molecular formula is C24H17F3N6O3. The van der Waals surface area contributed by atoms with Crippen LogP contribution in [0.1, 0.15) is 23.5 Å². The minimum atomic E-state index is -4.55. The smallest absolute Gasteiger partial charge is 0.417 e. The molecule has 5 heterocycles. The lowest BCUT2D eigenvalue weighted by molar-refractivity contribution is -0.137. The van der Waals surface area contributed by atoms with Gasteiger partial charge in [-0.2, -0.15) is 13.2 Å². The van der Waals surface area contributed by atoms with Gasteiger partial charge in [0.15, 0.2) is 12.2 Å². The predicted octanol–water partition coefficient (Wildman–Crippen LogP) is 4.48. The van der Waals surface area contributed by atoms with Crippen LogP contribution in [0.2, 0.25) is 0 Å². The van der Waals surface area contributed by atoms with Crippen LogP contribution >= 0.6 is 0 Å². The lowest BCUT2D eigenvalue weighted by Crippen LogP contribution is -2.55. The maximum atomic E-state index is 13.4. The van der Waals surface area contributed by atoms with Crippen molar-refractivity contribution in [1.82, 2.24) is 19.9 Å². The van der Waals surface area contributed by atoms with Gasteiger partial charge in [-0.05, 0) is 30.7 Å². The number of rotatable bonds is 3. The molecule has 36 heavy (non-hydrogen) atoms. The van der Waals surface area contributed by atoms with E-state index in [1.54, 1.807) is 30.3 Å². The first-order valence-electron chi connectivity index (χ1n) is 11.0. The summed E-state index contributed by atoms with van der Waals surface area (Å²) in [7, 11) is 0. The lowest BCUT2D eigenvalue weighted by Gasteiger charge is -2.40. The van der Waals surface area contributed by atoms with E-state index in [-0.39, 0.29) is 28.8 Å². The second kappa shape index (κ2) is 8.12. The molecule has 1 fully saturated rings. The molecule has 2 unspecified atom stereocenters. The molecule has 4 aromatic heterocycles. The number of carbonyl (C=O) groups is 1. The van der Waals surface area contributed by atoms with Crippen LogP contribution < -0.4 is 10.2 Å². The number of alkyl halides is 3. The highest BCUT2D eigenvalue weighted by Gasteiger charge is 2.54. The molecule has 0 saturated heterocycles. The van der Waals surface area contributed by atoms with Gasteiger partial charge in [-0.15, -0.1) is 0 Å². The fraction of sp³-hybridized carbons (Fsp3) is 0.208. The van der Waals surface area contributed by atoms with Crippen molar-refractivity contribution in [3.8, 4) is 22.7 Å². The van der Waals surface area contributed by atoms with Crippen LogP contribution in [0, 0.1) is 0 Å². The molecule has 2 aliphatic rings. The molecule has 0 spiro atoms. The molecular weight excluding hydrogens is 477 g/mol. The third-order valence-electron chi connectivity index (χ3n) is 6.38. The minimum Gasteiger partial charge on any atom is -0.442 e. The fourth-order valence-electron chi connectivity index (χ4n) is 4.64. The first kappa shape index (κ1) is 22.2. The number of halogens is 3. The van der Waals surface area contributed by atoms with Gasteiger partial charge in [0.05, 0.1) is 29.6 Å². The topological polar surface area (TPSA) is 117 Å². The average Bonchev–Trinajstić information content (AvgIpc) is 3.48. The Bertz CT molecular complexity index is 1460. The maximum absolute atomic E-state index is 13.4. The molecule has 0 radical (unpaired) electrons. The largest absolute Gasteiger partial charge is 0.442 e. The highest BCUT2D eigenvalue weighted by atomic mass is 19.4. The summed E-state index contributed by atoms with van der Waals surface area (Å²) in [4.78, 5) is 31.2. The number of aliphatic hydroxyl groups excluding tert-OH is 1. The van der Waals surface area contributed by atoms with Gasteiger partial charge in [-0.3, -0.25) is 15.2 Å². The van der Waals surface area contributed by atoms with Crippen molar-refractivity contribution in [3.63, 3.8) is 0 Å². The van der Waals surface area contributed by atoms with E-state index in [1.807, 2.05) is 0 Å². The molecule has 3 atom stereocenters. The van der Waals surface area contributed by atoms with E-state index in [1.165, 1.54) is 23.7 Å². The maximum Gasteiger partial charge on any atom is 0.417 e. The zero-order valence-electron chi connectivity index (χ0n) is 18.3. The van der Waals surface area contributed by atoms with Crippen LogP contribution in [-0.2, 0) is 6.18 Å². The van der Waals surface area contributed by atoms with Crippen molar-refractivity contribution in [2.24, 2.45) is 0 Å². The van der Waals surface area contributed by atoms with Crippen molar-refractivity contribution in [2.45, 2.75) is 30.7 Å². The number of nitrogens with zero attached hydrogens (tertiary/aromatic N) is 5. The summed E-state index contributed by atoms with van der Waals surface area (Å²) >= 11 is 0. The number of anilines is 2. The van der Waals surface area contributed by atoms with Gasteiger partial charge in [0.2, 0.25) is 0 Å². The Kier molecular flexibility index (Phi) is 5.00. The number of pyridine rings is 3. The van der Waals surface area contributed by atoms with E-state index in [4.69, 9.17) is 4.42 Å². The molecule has 2 amide bonds. The van der Waals surface area contributed by atoms with Crippen molar-refractivity contribution in [1.29, 1.82) is 0 Å². The summed E-state index contributed by atoms with van der Waals surface area (Å²) < 4.78 is 44.8. The van der Waals surface area contributed by atoms with E-state index in [0.29, 0.717) is 17.9 Å². The molecule has 4 aromatic rings. The van der Waals surface area contributed by atoms with E-state index in [2.05, 4.69) is 25.3 Å². The van der Waals surface area contributed by atoms with Gasteiger partial charge in [0, 0.05) is 29.4 Å². The molecule has 6 rings (SSSR count). The zero-order valence-corrected chi connectivity index (χ0v) is 18.3. The molecule has 1 aliphatic heterocycles. The summed E-state index contributed by atoms with van der Waals surface area (Å²) in [6, 6.07) is 8.17. The van der Waals surface area contributed by atoms with E-state index in [0.717, 1.165) is 17.8 Å². The second-order valence-electron chi connectivity index (χ2n) is 8.54. The number of fused-ring (bicyclic) bond motifs is 3. The number of hydrogen-bond acceptors (Lipinski definition) is 7. The molecule has 182 valence electrons. The Morgan fingerprint density at radius 1 is 1.08 bits per heavy atom. The molecule has 9 nitrogen and oxygen atoms in total. The second-order valence-corrected chi connectivity index (χ2v) is 8.54. The lowest BCUT2D eigenvalue weighted by atomic mass is 9.75. The Morgan fingerprint density at radius 2 is 1.94 bits per heavy atom. The van der Waals surface area contributed by atoms with Gasteiger partial charge in [0.1, 0.15) is 17.3 Å². The molecule has 0 bridgehead atoms. The average molecular weight is 494 g/mol. The van der Waals surface area contributed by atoms with Crippen molar-refractivity contribution >= 4 is 17.7 Å². The van der Waals surface area contributed by atoms with Crippen molar-refractivity contribution in [2.75, 3.05) is 10.2 Å². The molecule has 1 aliphatic carbocycles. The predicted molar refractivity (Wildman–Crippen MR) is 121 cm³/mol. The number of oxazole rings is 1. The number of urea groups is 1. The molecule has 1 saturated carbocycles. The van der Waals surface area contributed by atoms with Gasteiger partial charge < -0.3 is 9.52 Å². The SMILES string of the molecule is O=C(Nc1cccc(-c2cnco2)n1)N1c2nc(-c3cncc(C(F)(F)F)c3)ccc2C2C[C@@H](O)C21.